The predicted octanol–water partition coefficient (Wildman–Crippen LogP) is 2.06. The van der Waals surface area contributed by atoms with Crippen LogP contribution in [0.4, 0.5) is 0 Å². The molecule has 0 saturated heterocycles. The fourth-order valence-electron chi connectivity index (χ4n) is 2.10. The number of hydrogen-bond donors (Lipinski definition) is 2. The number of hydrogen-bond acceptors (Lipinski definition) is 5. The number of esters is 1. The highest BCUT2D eigenvalue weighted by Gasteiger charge is 2.40. The zero-order chi connectivity index (χ0) is 17.7. The van der Waals surface area contributed by atoms with Crippen LogP contribution in [0.1, 0.15) is 33.3 Å². The third-order valence-corrected chi connectivity index (χ3v) is 4.25. The van der Waals surface area contributed by atoms with Crippen LogP contribution < -0.4 is 0 Å². The van der Waals surface area contributed by atoms with Gasteiger partial charge in [-0.15, -0.1) is 0 Å². The third-order valence-electron chi connectivity index (χ3n) is 4.25. The molecule has 128 valence electrons. The maximum absolute atomic E-state index is 12.0. The highest BCUT2D eigenvalue weighted by molar-refractivity contribution is 6.43. The molecule has 0 aromatic heterocycles. The second kappa shape index (κ2) is 7.95. The third kappa shape index (κ3) is 5.97. The average molecular weight is 322 g/mol. The first-order chi connectivity index (χ1) is 10.6. The zero-order valence-electron chi connectivity index (χ0n) is 14.6. The van der Waals surface area contributed by atoms with E-state index < -0.39 is 30.2 Å². The second-order valence-electron chi connectivity index (χ2n) is 6.79. The molecule has 1 atom stereocenters. The fourth-order valence-corrected chi connectivity index (χ4v) is 2.10. The zero-order valence-corrected chi connectivity index (χ0v) is 14.6. The van der Waals surface area contributed by atoms with Gasteiger partial charge in [0.1, 0.15) is 0 Å². The van der Waals surface area contributed by atoms with Gasteiger partial charge in [0.05, 0.1) is 24.2 Å². The molecule has 6 heteroatoms. The smallest absolute Gasteiger partial charge is 0.455 e. The number of aliphatic hydroxyl groups is 1. The lowest BCUT2D eigenvalue weighted by molar-refractivity contribution is -0.145. The van der Waals surface area contributed by atoms with Crippen molar-refractivity contribution >= 4 is 13.1 Å². The lowest BCUT2D eigenvalue weighted by Gasteiger charge is -2.38. The molecule has 0 saturated carbocycles. The Hall–Kier alpha value is -1.37. The summed E-state index contributed by atoms with van der Waals surface area (Å²) in [5.74, 6) is -0.910. The number of methoxy groups -OCH3 is 1. The molecule has 0 aliphatic rings. The largest absolute Gasteiger partial charge is 0.469 e. The number of carbonyl (C=O) groups is 1. The Morgan fingerprint density at radius 1 is 1.22 bits per heavy atom. The highest BCUT2D eigenvalue weighted by Crippen LogP contribution is 2.27. The van der Waals surface area contributed by atoms with Gasteiger partial charge in [0.2, 0.25) is 0 Å². The van der Waals surface area contributed by atoms with Crippen LogP contribution in [0.15, 0.2) is 30.3 Å². The summed E-state index contributed by atoms with van der Waals surface area (Å²) < 4.78 is 10.4. The molecule has 0 aliphatic carbocycles. The molecule has 0 heterocycles. The van der Waals surface area contributed by atoms with Crippen molar-refractivity contribution < 1.29 is 24.3 Å². The minimum Gasteiger partial charge on any atom is -0.469 e. The van der Waals surface area contributed by atoms with Crippen molar-refractivity contribution in [2.75, 3.05) is 7.11 Å². The van der Waals surface area contributed by atoms with E-state index >= 15 is 0 Å². The monoisotopic (exact) mass is 322 g/mol. The molecule has 23 heavy (non-hydrogen) atoms. The van der Waals surface area contributed by atoms with E-state index in [4.69, 9.17) is 9.39 Å². The molecule has 0 spiro atoms. The Labute approximate surface area is 138 Å². The number of rotatable bonds is 8. The van der Waals surface area contributed by atoms with E-state index in [-0.39, 0.29) is 6.32 Å². The SMILES string of the molecule is COC(=O)[C@@H](CB(O)OC(C)(C)C(C)(C)O)Cc1ccccc1. The van der Waals surface area contributed by atoms with Crippen LogP contribution in [0.25, 0.3) is 0 Å². The Balaban J connectivity index is 2.76. The molecule has 2 N–H and O–H groups in total. The van der Waals surface area contributed by atoms with Crippen molar-refractivity contribution in [1.82, 2.24) is 0 Å². The van der Waals surface area contributed by atoms with E-state index in [9.17, 15) is 14.9 Å². The van der Waals surface area contributed by atoms with Crippen LogP contribution in [-0.4, -0.2) is 41.5 Å². The molecular formula is C17H27BO5. The summed E-state index contributed by atoms with van der Waals surface area (Å²) >= 11 is 0. The van der Waals surface area contributed by atoms with Crippen molar-refractivity contribution in [2.24, 2.45) is 5.92 Å². The standard InChI is InChI=1S/C17H27BO5/c1-16(2,20)17(3,4)23-18(21)12-14(15(19)22-5)11-13-9-7-6-8-10-13/h6-10,14,20-21H,11-12H2,1-5H3/t14-/m1/s1. The lowest BCUT2D eigenvalue weighted by Crippen LogP contribution is -2.50. The molecule has 1 aromatic carbocycles. The van der Waals surface area contributed by atoms with Crippen molar-refractivity contribution in [3.63, 3.8) is 0 Å². The van der Waals surface area contributed by atoms with Crippen LogP contribution in [0.3, 0.4) is 0 Å². The Morgan fingerprint density at radius 2 is 1.78 bits per heavy atom. The maximum atomic E-state index is 12.0. The van der Waals surface area contributed by atoms with E-state index in [1.54, 1.807) is 27.7 Å². The van der Waals surface area contributed by atoms with Gasteiger partial charge in [-0.05, 0) is 46.0 Å². The summed E-state index contributed by atoms with van der Waals surface area (Å²) in [5, 5.41) is 20.3. The van der Waals surface area contributed by atoms with E-state index in [1.165, 1.54) is 7.11 Å². The van der Waals surface area contributed by atoms with Gasteiger partial charge < -0.3 is 19.5 Å². The van der Waals surface area contributed by atoms with Crippen LogP contribution in [0.5, 0.6) is 0 Å². The number of ether oxygens (including phenoxy) is 1. The first-order valence-electron chi connectivity index (χ1n) is 7.77. The van der Waals surface area contributed by atoms with Crippen molar-refractivity contribution in [1.29, 1.82) is 0 Å². The molecule has 0 radical (unpaired) electrons. The molecule has 1 rings (SSSR count). The van der Waals surface area contributed by atoms with E-state index in [1.807, 2.05) is 30.3 Å². The predicted molar refractivity (Wildman–Crippen MR) is 89.9 cm³/mol. The number of benzene rings is 1. The van der Waals surface area contributed by atoms with Gasteiger partial charge in [0.15, 0.2) is 0 Å². The first kappa shape index (κ1) is 19.7. The topological polar surface area (TPSA) is 76.0 Å². The first-order valence-corrected chi connectivity index (χ1v) is 7.77. The molecular weight excluding hydrogens is 295 g/mol. The van der Waals surface area contributed by atoms with Crippen LogP contribution in [0, 0.1) is 5.92 Å². The minimum absolute atomic E-state index is 0.0983. The fraction of sp³-hybridized carbons (Fsp3) is 0.588. The van der Waals surface area contributed by atoms with Gasteiger partial charge in [-0.25, -0.2) is 0 Å². The van der Waals surface area contributed by atoms with Crippen molar-refractivity contribution in [2.45, 2.75) is 51.6 Å². The van der Waals surface area contributed by atoms with Crippen LogP contribution in [0.2, 0.25) is 6.32 Å². The van der Waals surface area contributed by atoms with Gasteiger partial charge in [-0.1, -0.05) is 30.3 Å². The van der Waals surface area contributed by atoms with Crippen molar-refractivity contribution in [3.8, 4) is 0 Å². The van der Waals surface area contributed by atoms with Gasteiger partial charge in [0.25, 0.3) is 0 Å². The van der Waals surface area contributed by atoms with E-state index in [0.717, 1.165) is 5.56 Å². The summed E-state index contributed by atoms with van der Waals surface area (Å²) in [7, 11) is 0.151. The summed E-state index contributed by atoms with van der Waals surface area (Å²) in [6.07, 6.45) is 0.554. The highest BCUT2D eigenvalue weighted by atomic mass is 16.5. The van der Waals surface area contributed by atoms with E-state index in [0.29, 0.717) is 6.42 Å². The van der Waals surface area contributed by atoms with Crippen molar-refractivity contribution in [3.05, 3.63) is 35.9 Å². The number of carbonyl (C=O) groups excluding carboxylic acids is 1. The summed E-state index contributed by atoms with van der Waals surface area (Å²) in [4.78, 5) is 12.0. The van der Waals surface area contributed by atoms with Crippen LogP contribution >= 0.6 is 0 Å². The molecule has 0 aliphatic heterocycles. The maximum Gasteiger partial charge on any atom is 0.455 e. The Morgan fingerprint density at radius 3 is 2.26 bits per heavy atom. The Kier molecular flexibility index (Phi) is 6.80. The van der Waals surface area contributed by atoms with Crippen LogP contribution in [-0.2, 0) is 20.6 Å². The molecule has 0 fully saturated rings. The lowest BCUT2D eigenvalue weighted by atomic mass is 9.73. The van der Waals surface area contributed by atoms with Gasteiger partial charge in [0, 0.05) is 0 Å². The minimum atomic E-state index is -1.18. The summed E-state index contributed by atoms with van der Waals surface area (Å²) in [6, 6.07) is 9.54. The average Bonchev–Trinajstić information content (AvgIpc) is 2.45. The van der Waals surface area contributed by atoms with Gasteiger partial charge in [-0.2, -0.15) is 0 Å². The van der Waals surface area contributed by atoms with Gasteiger partial charge >= 0.3 is 13.1 Å². The molecule has 1 aromatic rings. The summed E-state index contributed by atoms with van der Waals surface area (Å²) in [5.41, 5.74) is -1.11. The van der Waals surface area contributed by atoms with Gasteiger partial charge in [-0.3, -0.25) is 4.79 Å². The summed E-state index contributed by atoms with van der Waals surface area (Å²) in [6.45, 7) is 6.62. The normalized spacial score (nSPS) is 13.5. The van der Waals surface area contributed by atoms with E-state index in [2.05, 4.69) is 0 Å². The molecule has 5 nitrogen and oxygen atoms in total. The molecule has 0 bridgehead atoms. The quantitative estimate of drug-likeness (QED) is 0.566. The molecule has 0 unspecified atom stereocenters. The second-order valence-corrected chi connectivity index (χ2v) is 6.79. The molecule has 0 amide bonds. The Bertz CT molecular complexity index is 495.